The van der Waals surface area contributed by atoms with Crippen LogP contribution in [0, 0.1) is 12.8 Å². The molecule has 2 N–H and O–H groups in total. The van der Waals surface area contributed by atoms with Crippen molar-refractivity contribution in [1.29, 1.82) is 0 Å². The van der Waals surface area contributed by atoms with Gasteiger partial charge in [0.25, 0.3) is 0 Å². The SMILES string of the molecule is Cc1cnc(Nc2cccc(CC3CCCNC3)n2)s1.Cl. The summed E-state index contributed by atoms with van der Waals surface area (Å²) in [5.74, 6) is 1.61. The normalized spacial score (nSPS) is 18.0. The van der Waals surface area contributed by atoms with E-state index in [4.69, 9.17) is 4.98 Å². The molecule has 1 atom stereocenters. The number of nitrogens with zero attached hydrogens (tertiary/aromatic N) is 2. The predicted molar refractivity (Wildman–Crippen MR) is 90.9 cm³/mol. The van der Waals surface area contributed by atoms with Gasteiger partial charge in [0.2, 0.25) is 0 Å². The van der Waals surface area contributed by atoms with Gasteiger partial charge in [-0.05, 0) is 57.3 Å². The topological polar surface area (TPSA) is 49.8 Å². The summed E-state index contributed by atoms with van der Waals surface area (Å²) in [5.41, 5.74) is 1.16. The highest BCUT2D eigenvalue weighted by Gasteiger charge is 2.14. The third kappa shape index (κ3) is 4.66. The lowest BCUT2D eigenvalue weighted by molar-refractivity contribution is 0.373. The van der Waals surface area contributed by atoms with Crippen molar-refractivity contribution in [1.82, 2.24) is 15.3 Å². The molecule has 1 fully saturated rings. The molecule has 0 amide bonds. The van der Waals surface area contributed by atoms with Crippen molar-refractivity contribution in [3.8, 4) is 0 Å². The second kappa shape index (κ2) is 7.73. The monoisotopic (exact) mass is 324 g/mol. The minimum absolute atomic E-state index is 0. The summed E-state index contributed by atoms with van der Waals surface area (Å²) < 4.78 is 0. The molecule has 114 valence electrons. The maximum atomic E-state index is 4.70. The van der Waals surface area contributed by atoms with Crippen LogP contribution in [0.1, 0.15) is 23.4 Å². The number of piperidine rings is 1. The van der Waals surface area contributed by atoms with Crippen LogP contribution in [0.2, 0.25) is 0 Å². The maximum absolute atomic E-state index is 4.70. The number of rotatable bonds is 4. The molecule has 0 aliphatic carbocycles. The highest BCUT2D eigenvalue weighted by atomic mass is 35.5. The van der Waals surface area contributed by atoms with Crippen LogP contribution in [0.4, 0.5) is 10.9 Å². The smallest absolute Gasteiger partial charge is 0.188 e. The van der Waals surface area contributed by atoms with Crippen molar-refractivity contribution >= 4 is 34.7 Å². The van der Waals surface area contributed by atoms with E-state index in [2.05, 4.69) is 34.7 Å². The van der Waals surface area contributed by atoms with E-state index >= 15 is 0 Å². The average molecular weight is 325 g/mol. The molecule has 1 saturated heterocycles. The Morgan fingerprint density at radius 2 is 2.33 bits per heavy atom. The van der Waals surface area contributed by atoms with E-state index in [1.54, 1.807) is 11.3 Å². The van der Waals surface area contributed by atoms with Gasteiger partial charge in [-0.1, -0.05) is 6.07 Å². The summed E-state index contributed by atoms with van der Waals surface area (Å²) in [6.07, 6.45) is 5.52. The fourth-order valence-electron chi connectivity index (χ4n) is 2.58. The number of pyridine rings is 1. The second-order valence-corrected chi connectivity index (χ2v) is 6.57. The number of nitrogens with one attached hydrogen (secondary N) is 2. The quantitative estimate of drug-likeness (QED) is 0.903. The van der Waals surface area contributed by atoms with Gasteiger partial charge in [-0.25, -0.2) is 9.97 Å². The fourth-order valence-corrected chi connectivity index (χ4v) is 3.25. The van der Waals surface area contributed by atoms with Crippen LogP contribution in [-0.4, -0.2) is 23.1 Å². The molecule has 4 nitrogen and oxygen atoms in total. The van der Waals surface area contributed by atoms with E-state index in [1.807, 2.05) is 12.3 Å². The number of aryl methyl sites for hydroxylation is 1. The standard InChI is InChI=1S/C15H20N4S.ClH/c1-11-9-17-15(20-11)19-14-6-2-5-13(18-14)8-12-4-3-7-16-10-12;/h2,5-6,9,12,16H,3-4,7-8,10H2,1H3,(H,17,18,19);1H. The Bertz CT molecular complexity index is 566. The Balaban J connectivity index is 0.00000161. The highest BCUT2D eigenvalue weighted by Crippen LogP contribution is 2.21. The first-order valence-corrected chi connectivity index (χ1v) is 7.97. The van der Waals surface area contributed by atoms with Gasteiger partial charge in [-0.15, -0.1) is 23.7 Å². The Labute approximate surface area is 135 Å². The molecule has 3 rings (SSSR count). The van der Waals surface area contributed by atoms with Gasteiger partial charge in [0, 0.05) is 16.8 Å². The Hall–Kier alpha value is -1.17. The molecule has 1 aliphatic rings. The lowest BCUT2D eigenvalue weighted by Crippen LogP contribution is -2.31. The Kier molecular flexibility index (Phi) is 5.96. The Morgan fingerprint density at radius 1 is 1.43 bits per heavy atom. The van der Waals surface area contributed by atoms with E-state index in [0.29, 0.717) is 5.92 Å². The van der Waals surface area contributed by atoms with Crippen LogP contribution in [0.3, 0.4) is 0 Å². The van der Waals surface area contributed by atoms with Crippen molar-refractivity contribution in [2.24, 2.45) is 5.92 Å². The zero-order valence-corrected chi connectivity index (χ0v) is 13.8. The molecule has 0 saturated carbocycles. The molecule has 0 radical (unpaired) electrons. The van der Waals surface area contributed by atoms with E-state index in [9.17, 15) is 0 Å². The molecule has 1 aliphatic heterocycles. The van der Waals surface area contributed by atoms with E-state index in [0.717, 1.165) is 36.2 Å². The number of halogens is 1. The molecule has 2 aromatic heterocycles. The fraction of sp³-hybridized carbons (Fsp3) is 0.467. The van der Waals surface area contributed by atoms with Crippen molar-refractivity contribution in [2.45, 2.75) is 26.2 Å². The average Bonchev–Trinajstić information content (AvgIpc) is 2.86. The lowest BCUT2D eigenvalue weighted by atomic mass is 9.94. The molecule has 6 heteroatoms. The third-order valence-electron chi connectivity index (χ3n) is 3.56. The number of aromatic nitrogens is 2. The minimum atomic E-state index is 0. The number of hydrogen-bond donors (Lipinski definition) is 2. The van der Waals surface area contributed by atoms with Gasteiger partial charge >= 0.3 is 0 Å². The predicted octanol–water partition coefficient (Wildman–Crippen LogP) is 3.55. The van der Waals surface area contributed by atoms with Gasteiger partial charge in [0.1, 0.15) is 5.82 Å². The number of thiazole rings is 1. The van der Waals surface area contributed by atoms with Crippen LogP contribution in [0.15, 0.2) is 24.4 Å². The molecular formula is C15H21ClN4S. The van der Waals surface area contributed by atoms with Crippen molar-refractivity contribution in [2.75, 3.05) is 18.4 Å². The molecule has 3 heterocycles. The highest BCUT2D eigenvalue weighted by molar-refractivity contribution is 7.15. The second-order valence-electron chi connectivity index (χ2n) is 5.33. The summed E-state index contributed by atoms with van der Waals surface area (Å²) in [5, 5.41) is 7.65. The first kappa shape index (κ1) is 16.2. The van der Waals surface area contributed by atoms with Gasteiger partial charge in [0.05, 0.1) is 0 Å². The number of hydrogen-bond acceptors (Lipinski definition) is 5. The van der Waals surface area contributed by atoms with E-state index in [-0.39, 0.29) is 12.4 Å². The molecule has 1 unspecified atom stereocenters. The first-order valence-electron chi connectivity index (χ1n) is 7.16. The zero-order valence-electron chi connectivity index (χ0n) is 12.1. The van der Waals surface area contributed by atoms with Crippen LogP contribution < -0.4 is 10.6 Å². The van der Waals surface area contributed by atoms with Gasteiger partial charge in [-0.3, -0.25) is 0 Å². The minimum Gasteiger partial charge on any atom is -0.316 e. The largest absolute Gasteiger partial charge is 0.316 e. The molecule has 0 bridgehead atoms. The van der Waals surface area contributed by atoms with E-state index in [1.165, 1.54) is 17.7 Å². The number of anilines is 2. The third-order valence-corrected chi connectivity index (χ3v) is 4.39. The maximum Gasteiger partial charge on any atom is 0.188 e. The summed E-state index contributed by atoms with van der Waals surface area (Å²) in [4.78, 5) is 10.2. The summed E-state index contributed by atoms with van der Waals surface area (Å²) in [6.45, 7) is 4.34. The summed E-state index contributed by atoms with van der Waals surface area (Å²) >= 11 is 1.65. The van der Waals surface area contributed by atoms with Crippen molar-refractivity contribution in [3.05, 3.63) is 35.0 Å². The first-order chi connectivity index (χ1) is 9.79. The van der Waals surface area contributed by atoms with Gasteiger partial charge in [0.15, 0.2) is 5.13 Å². The van der Waals surface area contributed by atoms with Crippen LogP contribution >= 0.6 is 23.7 Å². The van der Waals surface area contributed by atoms with Gasteiger partial charge in [-0.2, -0.15) is 0 Å². The molecule has 0 spiro atoms. The van der Waals surface area contributed by atoms with Crippen molar-refractivity contribution < 1.29 is 0 Å². The molecule has 21 heavy (non-hydrogen) atoms. The van der Waals surface area contributed by atoms with Crippen molar-refractivity contribution in [3.63, 3.8) is 0 Å². The van der Waals surface area contributed by atoms with Crippen LogP contribution in [0.5, 0.6) is 0 Å². The Morgan fingerprint density at radius 3 is 3.05 bits per heavy atom. The lowest BCUT2D eigenvalue weighted by Gasteiger charge is -2.22. The summed E-state index contributed by atoms with van der Waals surface area (Å²) in [6, 6.07) is 6.19. The molecular weight excluding hydrogens is 304 g/mol. The zero-order chi connectivity index (χ0) is 13.8. The van der Waals surface area contributed by atoms with Crippen LogP contribution in [0.25, 0.3) is 0 Å². The molecule has 2 aromatic rings. The van der Waals surface area contributed by atoms with E-state index < -0.39 is 0 Å². The molecule has 0 aromatic carbocycles. The van der Waals surface area contributed by atoms with Crippen LogP contribution in [-0.2, 0) is 6.42 Å². The van der Waals surface area contributed by atoms with Gasteiger partial charge < -0.3 is 10.6 Å². The summed E-state index contributed by atoms with van der Waals surface area (Å²) in [7, 11) is 0.